The number of nitrogens with one attached hydrogen (secondary N) is 2. The number of carbonyl (C=O) groups is 1. The summed E-state index contributed by atoms with van der Waals surface area (Å²) in [4.78, 5) is 27.2. The molecule has 4 heterocycles. The predicted octanol–water partition coefficient (Wildman–Crippen LogP) is 4.54. The SMILES string of the molecule is Cc1cc(Nc2ccccn2)cc(C2CN(C(=O)CCc3c[nH]c4ccccc34)CCO2)n1. The third kappa shape index (κ3) is 4.88. The first kappa shape index (κ1) is 21.2. The number of aromatic nitrogens is 3. The van der Waals surface area contributed by atoms with Crippen LogP contribution in [0.3, 0.4) is 0 Å². The van der Waals surface area contributed by atoms with E-state index in [1.54, 1.807) is 6.20 Å². The molecule has 1 fully saturated rings. The molecule has 1 amide bonds. The minimum absolute atomic E-state index is 0.146. The molecule has 1 aliphatic heterocycles. The Morgan fingerprint density at radius 1 is 1.21 bits per heavy atom. The molecule has 2 N–H and O–H groups in total. The van der Waals surface area contributed by atoms with Crippen LogP contribution in [-0.2, 0) is 16.0 Å². The third-order valence-corrected chi connectivity index (χ3v) is 5.94. The molecule has 0 bridgehead atoms. The number of aromatic amines is 1. The van der Waals surface area contributed by atoms with Crippen molar-refractivity contribution in [2.75, 3.05) is 25.0 Å². The molecular weight excluding hydrogens is 414 g/mol. The summed E-state index contributed by atoms with van der Waals surface area (Å²) in [5, 5.41) is 4.50. The van der Waals surface area contributed by atoms with Crippen LogP contribution in [-0.4, -0.2) is 45.5 Å². The summed E-state index contributed by atoms with van der Waals surface area (Å²) in [5.41, 5.74) is 4.89. The van der Waals surface area contributed by atoms with Gasteiger partial charge in [-0.05, 0) is 49.2 Å². The molecule has 0 saturated carbocycles. The largest absolute Gasteiger partial charge is 0.368 e. The molecule has 7 nitrogen and oxygen atoms in total. The molecule has 1 aliphatic rings. The molecule has 168 valence electrons. The fraction of sp³-hybridized carbons (Fsp3) is 0.269. The number of H-pyrrole nitrogens is 1. The van der Waals surface area contributed by atoms with Crippen LogP contribution >= 0.6 is 0 Å². The molecule has 0 radical (unpaired) electrons. The topological polar surface area (TPSA) is 83.1 Å². The molecule has 0 spiro atoms. The average Bonchev–Trinajstić information content (AvgIpc) is 3.26. The van der Waals surface area contributed by atoms with Gasteiger partial charge in [-0.25, -0.2) is 4.98 Å². The van der Waals surface area contributed by atoms with Crippen molar-refractivity contribution in [2.24, 2.45) is 0 Å². The molecule has 7 heteroatoms. The standard InChI is InChI=1S/C26H27N5O2/c1-18-14-20(30-25-8-4-5-11-27-25)15-23(29-18)24-17-31(12-13-33-24)26(32)10-9-19-16-28-22-7-3-2-6-21(19)22/h2-8,11,14-16,24,28H,9-10,12-13,17H2,1H3,(H,27,29,30). The van der Waals surface area contributed by atoms with Gasteiger partial charge in [-0.3, -0.25) is 9.78 Å². The van der Waals surface area contributed by atoms with Gasteiger partial charge in [0.2, 0.25) is 5.91 Å². The molecule has 33 heavy (non-hydrogen) atoms. The Labute approximate surface area is 192 Å². The van der Waals surface area contributed by atoms with Gasteiger partial charge < -0.3 is 19.9 Å². The number of hydrogen-bond acceptors (Lipinski definition) is 5. The lowest BCUT2D eigenvalue weighted by Gasteiger charge is -2.33. The Balaban J connectivity index is 1.25. The highest BCUT2D eigenvalue weighted by atomic mass is 16.5. The Morgan fingerprint density at radius 2 is 2.09 bits per heavy atom. The summed E-state index contributed by atoms with van der Waals surface area (Å²) in [6, 6.07) is 17.9. The second-order valence-electron chi connectivity index (χ2n) is 8.32. The highest BCUT2D eigenvalue weighted by molar-refractivity contribution is 5.84. The Kier molecular flexibility index (Phi) is 6.04. The van der Waals surface area contributed by atoms with E-state index in [-0.39, 0.29) is 12.0 Å². The van der Waals surface area contributed by atoms with Crippen LogP contribution in [0, 0.1) is 6.92 Å². The monoisotopic (exact) mass is 441 g/mol. The quantitative estimate of drug-likeness (QED) is 0.459. The van der Waals surface area contributed by atoms with Crippen LogP contribution in [0.25, 0.3) is 10.9 Å². The maximum absolute atomic E-state index is 13.0. The van der Waals surface area contributed by atoms with Crippen LogP contribution in [0.15, 0.2) is 67.0 Å². The van der Waals surface area contributed by atoms with Crippen LogP contribution in [0.4, 0.5) is 11.5 Å². The van der Waals surface area contributed by atoms with Crippen molar-refractivity contribution >= 4 is 28.3 Å². The number of anilines is 2. The molecule has 5 rings (SSSR count). The van der Waals surface area contributed by atoms with Gasteiger partial charge in [0.1, 0.15) is 11.9 Å². The highest BCUT2D eigenvalue weighted by Crippen LogP contribution is 2.26. The van der Waals surface area contributed by atoms with E-state index in [1.807, 2.05) is 60.5 Å². The Bertz CT molecular complexity index is 1250. The molecule has 1 aromatic carbocycles. The number of fused-ring (bicyclic) bond motifs is 1. The molecule has 4 aromatic rings. The minimum atomic E-state index is -0.250. The first-order chi connectivity index (χ1) is 16.2. The lowest BCUT2D eigenvalue weighted by Crippen LogP contribution is -2.42. The number of pyridine rings is 2. The van der Waals surface area contributed by atoms with Gasteiger partial charge in [0.15, 0.2) is 0 Å². The van der Waals surface area contributed by atoms with E-state index < -0.39 is 0 Å². The van der Waals surface area contributed by atoms with Crippen molar-refractivity contribution in [1.82, 2.24) is 19.9 Å². The van der Waals surface area contributed by atoms with Crippen molar-refractivity contribution in [3.05, 3.63) is 83.9 Å². The van der Waals surface area contributed by atoms with Crippen molar-refractivity contribution < 1.29 is 9.53 Å². The Morgan fingerprint density at radius 3 is 2.97 bits per heavy atom. The number of para-hydroxylation sites is 1. The number of amides is 1. The summed E-state index contributed by atoms with van der Waals surface area (Å²) < 4.78 is 6.01. The van der Waals surface area contributed by atoms with E-state index >= 15 is 0 Å². The smallest absolute Gasteiger partial charge is 0.223 e. The summed E-state index contributed by atoms with van der Waals surface area (Å²) >= 11 is 0. The number of morpholine rings is 1. The number of benzene rings is 1. The van der Waals surface area contributed by atoms with E-state index in [4.69, 9.17) is 4.74 Å². The Hall–Kier alpha value is -3.71. The molecule has 1 saturated heterocycles. The molecule has 0 aliphatic carbocycles. The third-order valence-electron chi connectivity index (χ3n) is 5.94. The number of hydrogen-bond donors (Lipinski definition) is 2. The zero-order valence-electron chi connectivity index (χ0n) is 18.6. The van der Waals surface area contributed by atoms with E-state index in [2.05, 4.69) is 32.4 Å². The summed E-state index contributed by atoms with van der Waals surface area (Å²) in [7, 11) is 0. The van der Waals surface area contributed by atoms with Gasteiger partial charge in [-0.1, -0.05) is 24.3 Å². The van der Waals surface area contributed by atoms with E-state index in [0.29, 0.717) is 32.5 Å². The number of aryl methyl sites for hydroxylation is 2. The van der Waals surface area contributed by atoms with E-state index in [9.17, 15) is 4.79 Å². The van der Waals surface area contributed by atoms with E-state index in [0.717, 1.165) is 28.4 Å². The van der Waals surface area contributed by atoms with Crippen molar-refractivity contribution in [1.29, 1.82) is 0 Å². The zero-order valence-corrected chi connectivity index (χ0v) is 18.6. The first-order valence-corrected chi connectivity index (χ1v) is 11.3. The summed E-state index contributed by atoms with van der Waals surface area (Å²) in [6.45, 7) is 3.57. The maximum Gasteiger partial charge on any atom is 0.223 e. The predicted molar refractivity (Wildman–Crippen MR) is 128 cm³/mol. The highest BCUT2D eigenvalue weighted by Gasteiger charge is 2.26. The number of carbonyl (C=O) groups excluding carboxylic acids is 1. The normalized spacial score (nSPS) is 16.2. The minimum Gasteiger partial charge on any atom is -0.368 e. The van der Waals surface area contributed by atoms with Gasteiger partial charge in [-0.2, -0.15) is 0 Å². The lowest BCUT2D eigenvalue weighted by atomic mass is 10.1. The lowest BCUT2D eigenvalue weighted by molar-refractivity contribution is -0.139. The number of ether oxygens (including phenoxy) is 1. The maximum atomic E-state index is 13.0. The second-order valence-corrected chi connectivity index (χ2v) is 8.32. The van der Waals surface area contributed by atoms with Crippen LogP contribution in [0.2, 0.25) is 0 Å². The van der Waals surface area contributed by atoms with Gasteiger partial charge in [-0.15, -0.1) is 0 Å². The molecular formula is C26H27N5O2. The van der Waals surface area contributed by atoms with Crippen molar-refractivity contribution in [2.45, 2.75) is 25.9 Å². The molecule has 3 aromatic heterocycles. The van der Waals surface area contributed by atoms with Crippen molar-refractivity contribution in [3.63, 3.8) is 0 Å². The fourth-order valence-electron chi connectivity index (χ4n) is 4.31. The van der Waals surface area contributed by atoms with Gasteiger partial charge >= 0.3 is 0 Å². The second kappa shape index (κ2) is 9.42. The fourth-order valence-corrected chi connectivity index (χ4v) is 4.31. The summed E-state index contributed by atoms with van der Waals surface area (Å²) in [6.07, 6.45) is 4.70. The average molecular weight is 442 g/mol. The van der Waals surface area contributed by atoms with Crippen LogP contribution in [0.1, 0.15) is 29.5 Å². The van der Waals surface area contributed by atoms with Gasteiger partial charge in [0.25, 0.3) is 0 Å². The first-order valence-electron chi connectivity index (χ1n) is 11.3. The van der Waals surface area contributed by atoms with Crippen LogP contribution < -0.4 is 5.32 Å². The number of nitrogens with zero attached hydrogens (tertiary/aromatic N) is 3. The van der Waals surface area contributed by atoms with Gasteiger partial charge in [0.05, 0.1) is 18.8 Å². The molecule has 1 unspecified atom stereocenters. The van der Waals surface area contributed by atoms with Crippen LogP contribution in [0.5, 0.6) is 0 Å². The molecule has 1 atom stereocenters. The van der Waals surface area contributed by atoms with E-state index in [1.165, 1.54) is 10.9 Å². The summed E-state index contributed by atoms with van der Waals surface area (Å²) in [5.74, 6) is 0.917. The van der Waals surface area contributed by atoms with Crippen molar-refractivity contribution in [3.8, 4) is 0 Å². The van der Waals surface area contributed by atoms with Gasteiger partial charge in [0, 0.05) is 47.6 Å². The number of rotatable bonds is 6. The zero-order chi connectivity index (χ0) is 22.6.